The van der Waals surface area contributed by atoms with Gasteiger partial charge in [0, 0.05) is 31.3 Å². The minimum absolute atomic E-state index is 0.0244. The smallest absolute Gasteiger partial charge is 0.246 e. The maximum atomic E-state index is 14.0. The number of Topliss-reactive ketones (excluding diaryl/α,β-unsaturated/α-hetero) is 2. The van der Waals surface area contributed by atoms with Crippen molar-refractivity contribution in [1.29, 1.82) is 0 Å². The number of amides is 2. The number of rotatable bonds is 8. The predicted octanol–water partition coefficient (Wildman–Crippen LogP) is 3.99. The quantitative estimate of drug-likeness (QED) is 0.530. The zero-order valence-corrected chi connectivity index (χ0v) is 22.7. The van der Waals surface area contributed by atoms with Gasteiger partial charge < -0.3 is 10.2 Å². The van der Waals surface area contributed by atoms with E-state index >= 15 is 0 Å². The lowest BCUT2D eigenvalue weighted by molar-refractivity contribution is -0.144. The van der Waals surface area contributed by atoms with Crippen molar-refractivity contribution in [2.24, 2.45) is 29.1 Å². The number of nitrogens with zero attached hydrogens (tertiary/aromatic N) is 3. The van der Waals surface area contributed by atoms with Gasteiger partial charge in [0.2, 0.25) is 11.8 Å². The second-order valence-electron chi connectivity index (χ2n) is 12.4. The maximum absolute atomic E-state index is 14.0. The first kappa shape index (κ1) is 27.4. The Morgan fingerprint density at radius 3 is 2.38 bits per heavy atom. The monoisotopic (exact) mass is 510 g/mol. The van der Waals surface area contributed by atoms with Crippen molar-refractivity contribution < 1.29 is 19.2 Å². The van der Waals surface area contributed by atoms with Crippen LogP contribution in [0.15, 0.2) is 18.6 Å². The van der Waals surface area contributed by atoms with Gasteiger partial charge in [0.05, 0.1) is 12.2 Å². The molecule has 1 aliphatic heterocycles. The first-order valence-electron chi connectivity index (χ1n) is 14.0. The number of hydrogen-bond acceptors (Lipinski definition) is 6. The average molecular weight is 511 g/mol. The molecule has 0 spiro atoms. The molecule has 3 fully saturated rings. The Hall–Kier alpha value is -2.64. The number of aromatic nitrogens is 2. The number of carbonyl (C=O) groups excluding carboxylic acids is 4. The summed E-state index contributed by atoms with van der Waals surface area (Å²) >= 11 is 0. The summed E-state index contributed by atoms with van der Waals surface area (Å²) in [5.41, 5.74) is -0.301. The first-order chi connectivity index (χ1) is 17.6. The van der Waals surface area contributed by atoms with Gasteiger partial charge in [-0.3, -0.25) is 24.2 Å². The molecule has 2 aliphatic carbocycles. The van der Waals surface area contributed by atoms with E-state index in [1.807, 2.05) is 20.8 Å². The second-order valence-corrected chi connectivity index (χ2v) is 12.4. The van der Waals surface area contributed by atoms with Gasteiger partial charge in [-0.2, -0.15) is 0 Å². The van der Waals surface area contributed by atoms with Gasteiger partial charge in [0.1, 0.15) is 11.7 Å². The lowest BCUT2D eigenvalue weighted by atomic mass is 9.76. The summed E-state index contributed by atoms with van der Waals surface area (Å²) in [6, 6.07) is -1.19. The molecule has 5 atom stereocenters. The van der Waals surface area contributed by atoms with Crippen LogP contribution in [0.4, 0.5) is 0 Å². The molecule has 1 aromatic rings. The molecule has 2 amide bonds. The summed E-state index contributed by atoms with van der Waals surface area (Å²) in [5, 5.41) is 3.08. The molecule has 37 heavy (non-hydrogen) atoms. The highest BCUT2D eigenvalue weighted by molar-refractivity contribution is 5.98. The Morgan fingerprint density at radius 1 is 1.03 bits per heavy atom. The van der Waals surface area contributed by atoms with Crippen molar-refractivity contribution in [3.05, 3.63) is 24.3 Å². The maximum Gasteiger partial charge on any atom is 0.246 e. The molecule has 4 rings (SSSR count). The average Bonchev–Trinajstić information content (AvgIpc) is 3.47. The van der Waals surface area contributed by atoms with E-state index in [1.165, 1.54) is 18.6 Å². The van der Waals surface area contributed by atoms with Gasteiger partial charge in [0.25, 0.3) is 0 Å². The van der Waals surface area contributed by atoms with E-state index in [-0.39, 0.29) is 47.3 Å². The van der Waals surface area contributed by atoms with Crippen LogP contribution >= 0.6 is 0 Å². The Bertz CT molecular complexity index is 999. The Morgan fingerprint density at radius 2 is 1.76 bits per heavy atom. The van der Waals surface area contributed by atoms with E-state index in [2.05, 4.69) is 15.3 Å². The number of fused-ring (bicyclic) bond motifs is 1. The summed E-state index contributed by atoms with van der Waals surface area (Å²) in [6.07, 6.45) is 12.6. The molecule has 0 unspecified atom stereocenters. The molecule has 3 aliphatic rings. The van der Waals surface area contributed by atoms with Gasteiger partial charge in [-0.15, -0.1) is 0 Å². The molecule has 0 bridgehead atoms. The van der Waals surface area contributed by atoms with Crippen molar-refractivity contribution in [2.75, 3.05) is 6.54 Å². The van der Waals surface area contributed by atoms with Gasteiger partial charge in [0.15, 0.2) is 11.6 Å². The van der Waals surface area contributed by atoms with Gasteiger partial charge in [-0.25, -0.2) is 4.98 Å². The topological polar surface area (TPSA) is 109 Å². The van der Waals surface area contributed by atoms with Crippen LogP contribution in [0.5, 0.6) is 0 Å². The highest BCUT2D eigenvalue weighted by Crippen LogP contribution is 2.43. The molecule has 0 radical (unpaired) electrons. The number of carbonyl (C=O) groups is 4. The Balaban J connectivity index is 1.56. The number of ketones is 2. The normalized spacial score (nSPS) is 25.8. The van der Waals surface area contributed by atoms with Crippen LogP contribution in [0, 0.1) is 29.1 Å². The van der Waals surface area contributed by atoms with Crippen LogP contribution in [-0.2, 0) is 14.4 Å². The third kappa shape index (κ3) is 6.10. The number of hydrogen-bond donors (Lipinski definition) is 1. The number of likely N-dealkylation sites (tertiary alicyclic amines) is 1. The third-order valence-electron chi connectivity index (χ3n) is 8.80. The molecule has 0 aromatic carbocycles. The summed E-state index contributed by atoms with van der Waals surface area (Å²) in [6.45, 7) is 7.97. The van der Waals surface area contributed by atoms with Crippen LogP contribution in [0.2, 0.25) is 0 Å². The van der Waals surface area contributed by atoms with Gasteiger partial charge in [-0.1, -0.05) is 46.5 Å². The first-order valence-corrected chi connectivity index (χ1v) is 14.0. The molecular weight excluding hydrogens is 468 g/mol. The molecule has 202 valence electrons. The highest BCUT2D eigenvalue weighted by atomic mass is 16.2. The SMILES string of the molecule is CC(=O)[C@@H]1[C@H]2CCC[C@H]2CN1C(=O)[C@@H](NC(=O)[C@H](CC(=O)c1cnccn1)C1CCCCC1)C(C)(C)C. The van der Waals surface area contributed by atoms with Crippen molar-refractivity contribution in [3.63, 3.8) is 0 Å². The van der Waals surface area contributed by atoms with Gasteiger partial charge in [-0.05, 0) is 55.8 Å². The fourth-order valence-electron chi connectivity index (χ4n) is 6.87. The van der Waals surface area contributed by atoms with Crippen molar-refractivity contribution in [3.8, 4) is 0 Å². The molecule has 1 aromatic heterocycles. The van der Waals surface area contributed by atoms with Crippen molar-refractivity contribution >= 4 is 23.4 Å². The van der Waals surface area contributed by atoms with Crippen molar-refractivity contribution in [2.45, 2.75) is 97.6 Å². The van der Waals surface area contributed by atoms with E-state index < -0.39 is 23.4 Å². The lowest BCUT2D eigenvalue weighted by Gasteiger charge is -2.37. The predicted molar refractivity (Wildman–Crippen MR) is 139 cm³/mol. The summed E-state index contributed by atoms with van der Waals surface area (Å²) in [5.74, 6) is -0.492. The molecular formula is C29H42N4O4. The second kappa shape index (κ2) is 11.4. The molecule has 2 heterocycles. The van der Waals surface area contributed by atoms with E-state index in [0.29, 0.717) is 12.5 Å². The van der Waals surface area contributed by atoms with Crippen LogP contribution in [0.3, 0.4) is 0 Å². The summed E-state index contributed by atoms with van der Waals surface area (Å²) in [7, 11) is 0. The van der Waals surface area contributed by atoms with E-state index in [1.54, 1.807) is 11.8 Å². The fraction of sp³-hybridized carbons (Fsp3) is 0.724. The molecule has 8 nitrogen and oxygen atoms in total. The van der Waals surface area contributed by atoms with E-state index in [0.717, 1.165) is 51.4 Å². The number of nitrogens with one attached hydrogen (secondary N) is 1. The summed E-state index contributed by atoms with van der Waals surface area (Å²) < 4.78 is 0. The molecule has 1 saturated heterocycles. The zero-order chi connectivity index (χ0) is 26.7. The van der Waals surface area contributed by atoms with Crippen LogP contribution in [0.1, 0.15) is 96.0 Å². The van der Waals surface area contributed by atoms with Crippen LogP contribution in [-0.4, -0.2) is 56.9 Å². The molecule has 1 N–H and O–H groups in total. The molecule has 8 heteroatoms. The van der Waals surface area contributed by atoms with E-state index in [9.17, 15) is 19.2 Å². The third-order valence-corrected chi connectivity index (χ3v) is 8.80. The minimum atomic E-state index is -0.779. The zero-order valence-electron chi connectivity index (χ0n) is 22.7. The Labute approximate surface area is 220 Å². The fourth-order valence-corrected chi connectivity index (χ4v) is 6.87. The summed E-state index contributed by atoms with van der Waals surface area (Å²) in [4.78, 5) is 63.4. The van der Waals surface area contributed by atoms with Gasteiger partial charge >= 0.3 is 0 Å². The lowest BCUT2D eigenvalue weighted by Crippen LogP contribution is -2.58. The largest absolute Gasteiger partial charge is 0.344 e. The van der Waals surface area contributed by atoms with Crippen molar-refractivity contribution in [1.82, 2.24) is 20.2 Å². The highest BCUT2D eigenvalue weighted by Gasteiger charge is 2.50. The van der Waals surface area contributed by atoms with Crippen LogP contribution < -0.4 is 5.32 Å². The standard InChI is InChI=1S/C29H42N4O4/c1-18(34)25-21-12-8-11-20(21)17-33(25)28(37)26(29(2,3)4)32-27(36)22(19-9-6-5-7-10-19)15-24(35)23-16-30-13-14-31-23/h13-14,16,19-22,25-26H,5-12,15,17H2,1-4H3,(H,32,36)/t20-,21-,22+,25+,26+/m0/s1. The van der Waals surface area contributed by atoms with Crippen LogP contribution in [0.25, 0.3) is 0 Å². The molecule has 2 saturated carbocycles. The Kier molecular flexibility index (Phi) is 8.44. The minimum Gasteiger partial charge on any atom is -0.344 e. The van der Waals surface area contributed by atoms with E-state index in [4.69, 9.17) is 0 Å².